The summed E-state index contributed by atoms with van der Waals surface area (Å²) in [6, 6.07) is 7.44. The Morgan fingerprint density at radius 1 is 1.00 bits per heavy atom. The highest BCUT2D eigenvalue weighted by molar-refractivity contribution is 7.89. The minimum atomic E-state index is -4.48. The van der Waals surface area contributed by atoms with Crippen LogP contribution in [0.5, 0.6) is 0 Å². The van der Waals surface area contributed by atoms with Gasteiger partial charge in [0, 0.05) is 6.07 Å². The minimum absolute atomic E-state index is 0.153. The fourth-order valence-electron chi connectivity index (χ4n) is 1.86. The average Bonchev–Trinajstić information content (AvgIpc) is 2.49. The molecular formula is C14H12F3NO3S. The van der Waals surface area contributed by atoms with Crippen LogP contribution >= 0.6 is 0 Å². The van der Waals surface area contributed by atoms with Crippen LogP contribution in [0.1, 0.15) is 11.6 Å². The number of nitrogens with one attached hydrogen (secondary N) is 1. The number of sulfonamides is 1. The van der Waals surface area contributed by atoms with Gasteiger partial charge < -0.3 is 5.11 Å². The van der Waals surface area contributed by atoms with Gasteiger partial charge in [-0.3, -0.25) is 0 Å². The van der Waals surface area contributed by atoms with Gasteiger partial charge in [0.05, 0.1) is 12.6 Å². The molecule has 1 atom stereocenters. The summed E-state index contributed by atoms with van der Waals surface area (Å²) in [5.74, 6) is -4.39. The summed E-state index contributed by atoms with van der Waals surface area (Å²) in [6.45, 7) is -0.589. The van der Waals surface area contributed by atoms with E-state index in [2.05, 4.69) is 4.72 Å². The molecule has 0 spiro atoms. The van der Waals surface area contributed by atoms with Crippen LogP contribution in [-0.2, 0) is 10.0 Å². The van der Waals surface area contributed by atoms with Gasteiger partial charge in [0.2, 0.25) is 10.0 Å². The summed E-state index contributed by atoms with van der Waals surface area (Å²) in [5, 5.41) is 9.30. The number of rotatable bonds is 5. The molecular weight excluding hydrogens is 319 g/mol. The largest absolute Gasteiger partial charge is 0.394 e. The summed E-state index contributed by atoms with van der Waals surface area (Å²) in [7, 11) is -4.48. The van der Waals surface area contributed by atoms with Crippen molar-refractivity contribution in [3.8, 4) is 0 Å². The smallest absolute Gasteiger partial charge is 0.244 e. The van der Waals surface area contributed by atoms with Gasteiger partial charge in [-0.25, -0.2) is 26.3 Å². The van der Waals surface area contributed by atoms with E-state index in [0.717, 1.165) is 0 Å². The fraction of sp³-hybridized carbons (Fsp3) is 0.143. The highest BCUT2D eigenvalue weighted by atomic mass is 32.2. The number of benzene rings is 2. The van der Waals surface area contributed by atoms with E-state index in [1.807, 2.05) is 0 Å². The molecule has 0 amide bonds. The lowest BCUT2D eigenvalue weighted by Crippen LogP contribution is -2.31. The van der Waals surface area contributed by atoms with Crippen molar-refractivity contribution in [2.45, 2.75) is 10.9 Å². The molecule has 1 unspecified atom stereocenters. The molecule has 2 rings (SSSR count). The van der Waals surface area contributed by atoms with Crippen LogP contribution in [0.2, 0.25) is 0 Å². The molecule has 4 nitrogen and oxygen atoms in total. The molecule has 0 aliphatic carbocycles. The molecule has 8 heteroatoms. The summed E-state index contributed by atoms with van der Waals surface area (Å²) in [5.41, 5.74) is 0.441. The molecule has 2 aromatic carbocycles. The Balaban J connectivity index is 2.37. The highest BCUT2D eigenvalue weighted by Crippen LogP contribution is 2.21. The highest BCUT2D eigenvalue weighted by Gasteiger charge is 2.25. The third kappa shape index (κ3) is 3.46. The first-order valence-electron chi connectivity index (χ1n) is 6.18. The van der Waals surface area contributed by atoms with E-state index in [1.165, 1.54) is 0 Å². The first kappa shape index (κ1) is 16.5. The first-order valence-corrected chi connectivity index (χ1v) is 7.66. The lowest BCUT2D eigenvalue weighted by Gasteiger charge is -2.17. The zero-order valence-corrected chi connectivity index (χ0v) is 11.9. The molecule has 2 N–H and O–H groups in total. The number of aliphatic hydroxyl groups excluding tert-OH is 1. The lowest BCUT2D eigenvalue weighted by atomic mass is 10.1. The Bertz CT molecular complexity index is 766. The van der Waals surface area contributed by atoms with Crippen LogP contribution < -0.4 is 4.72 Å². The maximum absolute atomic E-state index is 13.6. The summed E-state index contributed by atoms with van der Waals surface area (Å²) >= 11 is 0. The molecule has 0 heterocycles. The molecule has 0 radical (unpaired) electrons. The Morgan fingerprint density at radius 3 is 2.18 bits per heavy atom. The van der Waals surface area contributed by atoms with Crippen LogP contribution in [-0.4, -0.2) is 20.1 Å². The van der Waals surface area contributed by atoms with Crippen molar-refractivity contribution < 1.29 is 26.7 Å². The molecule has 0 aliphatic heterocycles. The molecule has 0 bridgehead atoms. The standard InChI is InChI=1S/C14H12F3NO3S/c15-10-6-12(17)14(7-11(10)16)22(20,21)18-13(8-19)9-4-2-1-3-5-9/h1-7,13,18-19H,8H2. The van der Waals surface area contributed by atoms with Crippen LogP contribution in [0.15, 0.2) is 47.4 Å². The number of hydrogen-bond acceptors (Lipinski definition) is 3. The van der Waals surface area contributed by atoms with Gasteiger partial charge in [-0.15, -0.1) is 0 Å². The molecule has 118 valence electrons. The summed E-state index contributed by atoms with van der Waals surface area (Å²) < 4.78 is 65.9. The van der Waals surface area contributed by atoms with E-state index in [1.54, 1.807) is 30.3 Å². The predicted molar refractivity (Wildman–Crippen MR) is 72.9 cm³/mol. The Labute approximate surface area is 125 Å². The predicted octanol–water partition coefficient (Wildman–Crippen LogP) is 2.12. The Kier molecular flexibility index (Phi) is 4.84. The van der Waals surface area contributed by atoms with Gasteiger partial charge >= 0.3 is 0 Å². The Hall–Kier alpha value is -1.90. The zero-order chi connectivity index (χ0) is 16.3. The van der Waals surface area contributed by atoms with Gasteiger partial charge in [0.25, 0.3) is 0 Å². The van der Waals surface area contributed by atoms with Crippen molar-refractivity contribution in [1.29, 1.82) is 0 Å². The van der Waals surface area contributed by atoms with E-state index in [4.69, 9.17) is 0 Å². The second kappa shape index (κ2) is 6.47. The van der Waals surface area contributed by atoms with E-state index >= 15 is 0 Å². The van der Waals surface area contributed by atoms with Crippen LogP contribution in [0.3, 0.4) is 0 Å². The molecule has 0 aliphatic rings. The second-order valence-corrected chi connectivity index (χ2v) is 6.15. The molecule has 2 aromatic rings. The zero-order valence-electron chi connectivity index (χ0n) is 11.1. The fourth-order valence-corrected chi connectivity index (χ4v) is 3.14. The van der Waals surface area contributed by atoms with Gasteiger partial charge in [-0.05, 0) is 11.6 Å². The van der Waals surface area contributed by atoms with Crippen molar-refractivity contribution in [2.75, 3.05) is 6.61 Å². The van der Waals surface area contributed by atoms with E-state index in [9.17, 15) is 26.7 Å². The van der Waals surface area contributed by atoms with E-state index < -0.39 is 45.0 Å². The van der Waals surface area contributed by atoms with Crippen LogP contribution in [0.25, 0.3) is 0 Å². The number of hydrogen-bond donors (Lipinski definition) is 2. The maximum atomic E-state index is 13.6. The quantitative estimate of drug-likeness (QED) is 0.825. The SMILES string of the molecule is O=S(=O)(NC(CO)c1ccccc1)c1cc(F)c(F)cc1F. The van der Waals surface area contributed by atoms with Crippen molar-refractivity contribution in [3.05, 3.63) is 65.5 Å². The maximum Gasteiger partial charge on any atom is 0.244 e. The summed E-state index contributed by atoms with van der Waals surface area (Å²) in [4.78, 5) is -1.03. The summed E-state index contributed by atoms with van der Waals surface area (Å²) in [6.07, 6.45) is 0. The molecule has 0 fully saturated rings. The molecule has 0 saturated heterocycles. The first-order chi connectivity index (χ1) is 10.3. The molecule has 0 aromatic heterocycles. The molecule has 0 saturated carbocycles. The van der Waals surface area contributed by atoms with Gasteiger partial charge in [-0.2, -0.15) is 0 Å². The third-order valence-electron chi connectivity index (χ3n) is 2.95. The number of aliphatic hydroxyl groups is 1. The van der Waals surface area contributed by atoms with Crippen LogP contribution in [0.4, 0.5) is 13.2 Å². The minimum Gasteiger partial charge on any atom is -0.394 e. The second-order valence-electron chi connectivity index (χ2n) is 4.46. The van der Waals surface area contributed by atoms with Crippen molar-refractivity contribution in [3.63, 3.8) is 0 Å². The molecule has 22 heavy (non-hydrogen) atoms. The monoisotopic (exact) mass is 331 g/mol. The lowest BCUT2D eigenvalue weighted by molar-refractivity contribution is 0.258. The van der Waals surface area contributed by atoms with Gasteiger partial charge in [0.15, 0.2) is 11.6 Å². The van der Waals surface area contributed by atoms with Crippen molar-refractivity contribution >= 4 is 10.0 Å². The Morgan fingerprint density at radius 2 is 1.59 bits per heavy atom. The number of halogens is 3. The normalized spacial score (nSPS) is 13.1. The van der Waals surface area contributed by atoms with Gasteiger partial charge in [0.1, 0.15) is 10.7 Å². The topological polar surface area (TPSA) is 66.4 Å². The van der Waals surface area contributed by atoms with E-state index in [-0.39, 0.29) is 12.1 Å². The third-order valence-corrected chi connectivity index (χ3v) is 4.43. The van der Waals surface area contributed by atoms with Crippen molar-refractivity contribution in [2.24, 2.45) is 0 Å². The van der Waals surface area contributed by atoms with E-state index in [0.29, 0.717) is 5.56 Å². The van der Waals surface area contributed by atoms with Crippen LogP contribution in [0, 0.1) is 17.5 Å². The average molecular weight is 331 g/mol. The van der Waals surface area contributed by atoms with Crippen molar-refractivity contribution in [1.82, 2.24) is 4.72 Å². The van der Waals surface area contributed by atoms with Gasteiger partial charge in [-0.1, -0.05) is 30.3 Å².